The van der Waals surface area contributed by atoms with E-state index in [-0.39, 0.29) is 6.04 Å². The highest BCUT2D eigenvalue weighted by molar-refractivity contribution is 5.90. The van der Waals surface area contributed by atoms with E-state index in [9.17, 15) is 0 Å². The van der Waals surface area contributed by atoms with Gasteiger partial charge in [-0.1, -0.05) is 18.2 Å². The molecule has 1 unspecified atom stereocenters. The van der Waals surface area contributed by atoms with E-state index in [0.717, 1.165) is 64.8 Å². The summed E-state index contributed by atoms with van der Waals surface area (Å²) in [6, 6.07) is 18.6. The first kappa shape index (κ1) is 23.1. The van der Waals surface area contributed by atoms with Gasteiger partial charge in [0.2, 0.25) is 0 Å². The molecule has 35 heavy (non-hydrogen) atoms. The number of furan rings is 1. The van der Waals surface area contributed by atoms with Gasteiger partial charge in [-0.05, 0) is 66.4 Å². The SMILES string of the molecule is COc1cccc(-c2cc3c(CN4CCc5cc(OC)c(OC)cc5C4C)ccc(OC)c3o2)c1. The van der Waals surface area contributed by atoms with E-state index in [1.807, 2.05) is 30.3 Å². The predicted molar refractivity (Wildman–Crippen MR) is 137 cm³/mol. The van der Waals surface area contributed by atoms with Crippen LogP contribution in [0.25, 0.3) is 22.3 Å². The number of hydrogen-bond acceptors (Lipinski definition) is 6. The van der Waals surface area contributed by atoms with Crippen molar-refractivity contribution >= 4 is 11.0 Å². The number of hydrogen-bond donors (Lipinski definition) is 0. The summed E-state index contributed by atoms with van der Waals surface area (Å²) in [5.41, 5.74) is 5.53. The highest BCUT2D eigenvalue weighted by Gasteiger charge is 2.27. The summed E-state index contributed by atoms with van der Waals surface area (Å²) >= 11 is 0. The van der Waals surface area contributed by atoms with Crippen LogP contribution in [0.5, 0.6) is 23.0 Å². The van der Waals surface area contributed by atoms with Gasteiger partial charge in [0.25, 0.3) is 0 Å². The van der Waals surface area contributed by atoms with Crippen molar-refractivity contribution in [3.8, 4) is 34.3 Å². The van der Waals surface area contributed by atoms with Crippen LogP contribution in [0.2, 0.25) is 0 Å². The van der Waals surface area contributed by atoms with Crippen LogP contribution in [-0.2, 0) is 13.0 Å². The van der Waals surface area contributed by atoms with Crippen molar-refractivity contribution in [1.82, 2.24) is 4.90 Å². The van der Waals surface area contributed by atoms with Crippen LogP contribution in [0.4, 0.5) is 0 Å². The molecule has 1 aliphatic heterocycles. The van der Waals surface area contributed by atoms with Gasteiger partial charge in [-0.15, -0.1) is 0 Å². The first-order chi connectivity index (χ1) is 17.1. The smallest absolute Gasteiger partial charge is 0.176 e. The summed E-state index contributed by atoms with van der Waals surface area (Å²) in [5.74, 6) is 3.87. The summed E-state index contributed by atoms with van der Waals surface area (Å²) in [4.78, 5) is 2.49. The molecule has 3 aromatic carbocycles. The lowest BCUT2D eigenvalue weighted by molar-refractivity contribution is 0.189. The molecule has 0 bridgehead atoms. The maximum absolute atomic E-state index is 6.31. The van der Waals surface area contributed by atoms with E-state index in [2.05, 4.69) is 36.1 Å². The van der Waals surface area contributed by atoms with Crippen molar-refractivity contribution in [1.29, 1.82) is 0 Å². The van der Waals surface area contributed by atoms with E-state index in [1.54, 1.807) is 28.4 Å². The quantitative estimate of drug-likeness (QED) is 0.316. The zero-order chi connectivity index (χ0) is 24.5. The molecule has 0 saturated carbocycles. The third kappa shape index (κ3) is 4.19. The molecule has 0 spiro atoms. The molecule has 182 valence electrons. The fourth-order valence-electron chi connectivity index (χ4n) is 5.00. The fraction of sp³-hybridized carbons (Fsp3) is 0.310. The Morgan fingerprint density at radius 3 is 2.37 bits per heavy atom. The van der Waals surface area contributed by atoms with Crippen molar-refractivity contribution in [2.75, 3.05) is 35.0 Å². The topological polar surface area (TPSA) is 53.3 Å². The second-order valence-electron chi connectivity index (χ2n) is 8.81. The highest BCUT2D eigenvalue weighted by Crippen LogP contribution is 2.40. The summed E-state index contributed by atoms with van der Waals surface area (Å²) in [6.45, 7) is 4.01. The van der Waals surface area contributed by atoms with Crippen LogP contribution in [0.3, 0.4) is 0 Å². The number of fused-ring (bicyclic) bond motifs is 2. The molecule has 1 aromatic heterocycles. The lowest BCUT2D eigenvalue weighted by Gasteiger charge is -2.36. The molecular formula is C29H31NO5. The van der Waals surface area contributed by atoms with Crippen molar-refractivity contribution in [2.24, 2.45) is 0 Å². The van der Waals surface area contributed by atoms with Gasteiger partial charge in [-0.25, -0.2) is 0 Å². The van der Waals surface area contributed by atoms with Crippen molar-refractivity contribution < 1.29 is 23.4 Å². The Hall–Kier alpha value is -3.64. The van der Waals surface area contributed by atoms with Crippen LogP contribution in [0.1, 0.15) is 29.7 Å². The maximum Gasteiger partial charge on any atom is 0.176 e. The van der Waals surface area contributed by atoms with Crippen LogP contribution >= 0.6 is 0 Å². The average molecular weight is 474 g/mol. The second-order valence-corrected chi connectivity index (χ2v) is 8.81. The van der Waals surface area contributed by atoms with E-state index in [0.29, 0.717) is 0 Å². The second kappa shape index (κ2) is 9.55. The third-order valence-corrected chi connectivity index (χ3v) is 7.00. The monoisotopic (exact) mass is 473 g/mol. The van der Waals surface area contributed by atoms with E-state index in [4.69, 9.17) is 23.4 Å². The third-order valence-electron chi connectivity index (χ3n) is 7.00. The van der Waals surface area contributed by atoms with Gasteiger partial charge >= 0.3 is 0 Å². The predicted octanol–water partition coefficient (Wildman–Crippen LogP) is 6.25. The summed E-state index contributed by atoms with van der Waals surface area (Å²) in [5, 5.41) is 1.06. The first-order valence-corrected chi connectivity index (χ1v) is 11.8. The van der Waals surface area contributed by atoms with Crippen LogP contribution in [0, 0.1) is 0 Å². The van der Waals surface area contributed by atoms with E-state index in [1.165, 1.54) is 16.7 Å². The normalized spacial score (nSPS) is 15.6. The summed E-state index contributed by atoms with van der Waals surface area (Å²) in [7, 11) is 6.71. The molecule has 2 heterocycles. The Morgan fingerprint density at radius 1 is 0.857 bits per heavy atom. The minimum atomic E-state index is 0.237. The summed E-state index contributed by atoms with van der Waals surface area (Å²) < 4.78 is 28.4. The Morgan fingerprint density at radius 2 is 1.63 bits per heavy atom. The van der Waals surface area contributed by atoms with E-state index >= 15 is 0 Å². The van der Waals surface area contributed by atoms with Gasteiger partial charge < -0.3 is 23.4 Å². The Kier molecular flexibility index (Phi) is 6.31. The molecule has 0 radical (unpaired) electrons. The largest absolute Gasteiger partial charge is 0.497 e. The number of ether oxygens (including phenoxy) is 4. The molecule has 0 amide bonds. The molecule has 6 heteroatoms. The standard InChI is InChI=1S/C29H31NO5/c1-18-23-15-28(34-5)27(33-4)14-19(23)11-12-30(18)17-21-9-10-25(32-3)29-24(21)16-26(35-29)20-7-6-8-22(13-20)31-2/h6-10,13-16,18H,11-12,17H2,1-5H3. The zero-order valence-electron chi connectivity index (χ0n) is 20.9. The molecule has 0 aliphatic carbocycles. The Labute approximate surface area is 206 Å². The van der Waals surface area contributed by atoms with Crippen LogP contribution in [-0.4, -0.2) is 39.9 Å². The molecule has 5 rings (SSSR count). The molecule has 0 saturated heterocycles. The van der Waals surface area contributed by atoms with Gasteiger partial charge in [-0.3, -0.25) is 4.90 Å². The molecule has 6 nitrogen and oxygen atoms in total. The lowest BCUT2D eigenvalue weighted by Crippen LogP contribution is -2.33. The fourth-order valence-corrected chi connectivity index (χ4v) is 5.00. The summed E-state index contributed by atoms with van der Waals surface area (Å²) in [6.07, 6.45) is 0.958. The van der Waals surface area contributed by atoms with Crippen LogP contribution in [0.15, 0.2) is 59.0 Å². The maximum atomic E-state index is 6.31. The lowest BCUT2D eigenvalue weighted by atomic mass is 9.92. The Bertz CT molecular complexity index is 1360. The molecule has 1 atom stereocenters. The number of nitrogens with zero attached hydrogens (tertiary/aromatic N) is 1. The van der Waals surface area contributed by atoms with Crippen molar-refractivity contribution in [3.63, 3.8) is 0 Å². The first-order valence-electron chi connectivity index (χ1n) is 11.8. The van der Waals surface area contributed by atoms with Crippen molar-refractivity contribution in [2.45, 2.75) is 25.9 Å². The van der Waals surface area contributed by atoms with Gasteiger partial charge in [0, 0.05) is 30.1 Å². The molecule has 0 N–H and O–H groups in total. The number of benzene rings is 3. The number of rotatable bonds is 7. The molecule has 1 aliphatic rings. The van der Waals surface area contributed by atoms with E-state index < -0.39 is 0 Å². The molecular weight excluding hydrogens is 442 g/mol. The van der Waals surface area contributed by atoms with Gasteiger partial charge in [-0.2, -0.15) is 0 Å². The van der Waals surface area contributed by atoms with Gasteiger partial charge in [0.1, 0.15) is 11.5 Å². The zero-order valence-corrected chi connectivity index (χ0v) is 20.9. The highest BCUT2D eigenvalue weighted by atomic mass is 16.5. The minimum Gasteiger partial charge on any atom is -0.497 e. The Balaban J connectivity index is 1.50. The van der Waals surface area contributed by atoms with Crippen LogP contribution < -0.4 is 18.9 Å². The molecule has 0 fully saturated rings. The average Bonchev–Trinajstić information content (AvgIpc) is 3.36. The van der Waals surface area contributed by atoms with Crippen molar-refractivity contribution in [3.05, 3.63) is 71.3 Å². The molecule has 4 aromatic rings. The van der Waals surface area contributed by atoms with Gasteiger partial charge in [0.05, 0.1) is 28.4 Å². The minimum absolute atomic E-state index is 0.237. The van der Waals surface area contributed by atoms with Gasteiger partial charge in [0.15, 0.2) is 22.8 Å². The number of methoxy groups -OCH3 is 4.